The molecular formula is C20H18O2S2. The van der Waals surface area contributed by atoms with Crippen LogP contribution in [-0.4, -0.2) is 11.3 Å². The molecule has 0 amide bonds. The van der Waals surface area contributed by atoms with E-state index in [1.807, 2.05) is 67.6 Å². The number of benzene rings is 3. The van der Waals surface area contributed by atoms with Crippen molar-refractivity contribution in [2.75, 3.05) is 7.11 Å². The molecule has 0 aliphatic heterocycles. The van der Waals surface area contributed by atoms with Crippen LogP contribution in [0.3, 0.4) is 0 Å². The number of methoxy groups -OCH3 is 1. The van der Waals surface area contributed by atoms with E-state index in [0.29, 0.717) is 0 Å². The highest BCUT2D eigenvalue weighted by Crippen LogP contribution is 2.34. The minimum atomic E-state index is -1.23. The van der Waals surface area contributed by atoms with Crippen molar-refractivity contribution in [1.82, 2.24) is 0 Å². The van der Waals surface area contributed by atoms with Gasteiger partial charge in [-0.2, -0.15) is 0 Å². The molecule has 0 aromatic heterocycles. The van der Waals surface area contributed by atoms with Gasteiger partial charge in [0.05, 0.1) is 22.8 Å². The Hall–Kier alpha value is -2.04. The molecule has 1 unspecified atom stereocenters. The Morgan fingerprint density at radius 1 is 0.917 bits per heavy atom. The molecule has 4 heteroatoms. The number of hydrogen-bond donors (Lipinski definition) is 0. The highest BCUT2D eigenvalue weighted by Gasteiger charge is 2.14. The minimum absolute atomic E-state index is 0.786. The van der Waals surface area contributed by atoms with Gasteiger partial charge >= 0.3 is 0 Å². The fourth-order valence-corrected chi connectivity index (χ4v) is 4.79. The normalized spacial score (nSPS) is 11.9. The highest BCUT2D eigenvalue weighted by atomic mass is 32.2. The summed E-state index contributed by atoms with van der Waals surface area (Å²) in [5.74, 6) is 0.808. The van der Waals surface area contributed by atoms with Crippen LogP contribution in [0.5, 0.6) is 5.75 Å². The summed E-state index contributed by atoms with van der Waals surface area (Å²) >= 11 is 1.63. The lowest BCUT2D eigenvalue weighted by Crippen LogP contribution is -1.97. The molecule has 0 aliphatic rings. The molecule has 0 radical (unpaired) electrons. The van der Waals surface area contributed by atoms with Gasteiger partial charge in [0.25, 0.3) is 0 Å². The van der Waals surface area contributed by atoms with Crippen LogP contribution >= 0.6 is 11.8 Å². The third-order valence-corrected chi connectivity index (χ3v) is 6.25. The summed E-state index contributed by atoms with van der Waals surface area (Å²) in [6.07, 6.45) is 0. The van der Waals surface area contributed by atoms with Gasteiger partial charge < -0.3 is 4.74 Å². The maximum atomic E-state index is 13.1. The van der Waals surface area contributed by atoms with E-state index in [1.54, 1.807) is 18.9 Å². The molecule has 0 heterocycles. The molecular weight excluding hydrogens is 336 g/mol. The number of rotatable bonds is 5. The lowest BCUT2D eigenvalue weighted by Gasteiger charge is -2.11. The maximum absolute atomic E-state index is 13.1. The molecule has 122 valence electrons. The first-order chi connectivity index (χ1) is 11.7. The third-order valence-electron chi connectivity index (χ3n) is 3.60. The summed E-state index contributed by atoms with van der Waals surface area (Å²) in [6.45, 7) is 1.96. The quantitative estimate of drug-likeness (QED) is 0.620. The van der Waals surface area contributed by atoms with Gasteiger partial charge in [-0.05, 0) is 55.0 Å². The monoisotopic (exact) mass is 354 g/mol. The average Bonchev–Trinajstić information content (AvgIpc) is 2.62. The van der Waals surface area contributed by atoms with E-state index in [9.17, 15) is 4.21 Å². The van der Waals surface area contributed by atoms with Gasteiger partial charge in [0, 0.05) is 14.7 Å². The molecule has 0 spiro atoms. The Morgan fingerprint density at radius 3 is 2.33 bits per heavy atom. The summed E-state index contributed by atoms with van der Waals surface area (Å²) in [4.78, 5) is 3.76. The molecule has 0 fully saturated rings. The van der Waals surface area contributed by atoms with E-state index in [-0.39, 0.29) is 0 Å². The van der Waals surface area contributed by atoms with Gasteiger partial charge in [0.2, 0.25) is 0 Å². The zero-order valence-corrected chi connectivity index (χ0v) is 15.2. The summed E-state index contributed by atoms with van der Waals surface area (Å²) < 4.78 is 18.4. The topological polar surface area (TPSA) is 26.3 Å². The van der Waals surface area contributed by atoms with E-state index in [4.69, 9.17) is 4.74 Å². The Bertz CT molecular complexity index is 861. The van der Waals surface area contributed by atoms with Gasteiger partial charge in [0.1, 0.15) is 5.75 Å². The van der Waals surface area contributed by atoms with Crippen molar-refractivity contribution in [3.8, 4) is 5.75 Å². The van der Waals surface area contributed by atoms with Crippen LogP contribution in [0.15, 0.2) is 92.4 Å². The maximum Gasteiger partial charge on any atom is 0.121 e. The predicted molar refractivity (Wildman–Crippen MR) is 99.4 cm³/mol. The van der Waals surface area contributed by atoms with Crippen molar-refractivity contribution in [1.29, 1.82) is 0 Å². The molecule has 3 aromatic carbocycles. The van der Waals surface area contributed by atoms with Gasteiger partial charge in [-0.1, -0.05) is 42.1 Å². The van der Waals surface area contributed by atoms with Crippen LogP contribution in [0.1, 0.15) is 5.56 Å². The van der Waals surface area contributed by atoms with Crippen LogP contribution < -0.4 is 4.74 Å². The van der Waals surface area contributed by atoms with E-state index in [2.05, 4.69) is 12.1 Å². The highest BCUT2D eigenvalue weighted by molar-refractivity contribution is 8.00. The van der Waals surface area contributed by atoms with Crippen LogP contribution in [0.4, 0.5) is 0 Å². The Morgan fingerprint density at radius 2 is 1.62 bits per heavy atom. The second-order valence-corrected chi connectivity index (χ2v) is 7.83. The fourth-order valence-electron chi connectivity index (χ4n) is 2.40. The molecule has 0 aliphatic carbocycles. The van der Waals surface area contributed by atoms with E-state index < -0.39 is 10.8 Å². The first-order valence-corrected chi connectivity index (χ1v) is 9.54. The standard InChI is InChI=1S/C20H18O2S2/c1-15-14-17(12-13-18(15)22-2)24(21)20-11-7-6-10-19(20)23-16-8-4-3-5-9-16/h3-14H,1-2H3. The summed E-state index contributed by atoms with van der Waals surface area (Å²) in [5.41, 5.74) is 0.983. The lowest BCUT2D eigenvalue weighted by atomic mass is 10.2. The first kappa shape index (κ1) is 16.8. The molecule has 2 nitrogen and oxygen atoms in total. The zero-order chi connectivity index (χ0) is 16.9. The molecule has 24 heavy (non-hydrogen) atoms. The van der Waals surface area contributed by atoms with Crippen LogP contribution in [0, 0.1) is 6.92 Å². The van der Waals surface area contributed by atoms with Crippen molar-refractivity contribution >= 4 is 22.6 Å². The van der Waals surface area contributed by atoms with Crippen molar-refractivity contribution in [2.45, 2.75) is 26.5 Å². The molecule has 0 bridgehead atoms. The zero-order valence-electron chi connectivity index (χ0n) is 13.6. The van der Waals surface area contributed by atoms with Gasteiger partial charge in [-0.15, -0.1) is 0 Å². The number of ether oxygens (including phenoxy) is 1. The Kier molecular flexibility index (Phi) is 5.38. The van der Waals surface area contributed by atoms with E-state index >= 15 is 0 Å². The first-order valence-electron chi connectivity index (χ1n) is 7.57. The smallest absolute Gasteiger partial charge is 0.121 e. The van der Waals surface area contributed by atoms with Crippen LogP contribution in [-0.2, 0) is 10.8 Å². The average molecular weight is 354 g/mol. The van der Waals surface area contributed by atoms with E-state index in [1.165, 1.54) is 0 Å². The summed E-state index contributed by atoms with van der Waals surface area (Å²) in [7, 11) is 0.415. The predicted octanol–water partition coefficient (Wildman–Crippen LogP) is 5.32. The van der Waals surface area contributed by atoms with Crippen molar-refractivity contribution in [2.24, 2.45) is 0 Å². The van der Waals surface area contributed by atoms with Crippen LogP contribution in [0.25, 0.3) is 0 Å². The number of aryl methyl sites for hydroxylation is 1. The van der Waals surface area contributed by atoms with Gasteiger partial charge in [-0.25, -0.2) is 4.21 Å². The van der Waals surface area contributed by atoms with E-state index in [0.717, 1.165) is 30.9 Å². The summed E-state index contributed by atoms with van der Waals surface area (Å²) in [6, 6.07) is 23.6. The molecule has 0 saturated heterocycles. The minimum Gasteiger partial charge on any atom is -0.496 e. The number of hydrogen-bond acceptors (Lipinski definition) is 3. The second kappa shape index (κ2) is 7.69. The second-order valence-electron chi connectivity index (χ2n) is 5.26. The molecule has 0 saturated carbocycles. The largest absolute Gasteiger partial charge is 0.496 e. The van der Waals surface area contributed by atoms with Crippen molar-refractivity contribution in [3.05, 3.63) is 78.4 Å². The Balaban J connectivity index is 1.94. The van der Waals surface area contributed by atoms with Crippen molar-refractivity contribution < 1.29 is 8.95 Å². The van der Waals surface area contributed by atoms with Crippen molar-refractivity contribution in [3.63, 3.8) is 0 Å². The third kappa shape index (κ3) is 3.71. The molecule has 3 aromatic rings. The van der Waals surface area contributed by atoms with Crippen LogP contribution in [0.2, 0.25) is 0 Å². The van der Waals surface area contributed by atoms with Gasteiger partial charge in [-0.3, -0.25) is 0 Å². The molecule has 0 N–H and O–H groups in total. The Labute approximate surface area is 149 Å². The molecule has 3 rings (SSSR count). The summed E-state index contributed by atoms with van der Waals surface area (Å²) in [5, 5.41) is 0. The van der Waals surface area contributed by atoms with Gasteiger partial charge in [0.15, 0.2) is 0 Å². The lowest BCUT2D eigenvalue weighted by molar-refractivity contribution is 0.411. The SMILES string of the molecule is COc1ccc(S(=O)c2ccccc2Sc2ccccc2)cc1C. The molecule has 1 atom stereocenters. The fraction of sp³-hybridized carbons (Fsp3) is 0.100.